The van der Waals surface area contributed by atoms with Crippen molar-refractivity contribution >= 4 is 5.97 Å². The highest BCUT2D eigenvalue weighted by Gasteiger charge is 2.27. The van der Waals surface area contributed by atoms with Crippen molar-refractivity contribution in [3.8, 4) is 0 Å². The highest BCUT2D eigenvalue weighted by Crippen LogP contribution is 2.13. The Kier molecular flexibility index (Phi) is 4.60. The summed E-state index contributed by atoms with van der Waals surface area (Å²) >= 11 is 0. The number of carbonyl (C=O) groups excluding carboxylic acids is 1. The SMILES string of the molecule is COC(=O)CNOCC(F)(F)F. The number of nitrogens with one attached hydrogen (secondary N) is 1. The predicted octanol–water partition coefficient (Wildman–Crippen LogP) is 0.243. The highest BCUT2D eigenvalue weighted by atomic mass is 19.4. The molecule has 4 nitrogen and oxygen atoms in total. The largest absolute Gasteiger partial charge is 0.468 e. The Hall–Kier alpha value is -0.820. The molecule has 0 aliphatic rings. The van der Waals surface area contributed by atoms with Gasteiger partial charge in [0.05, 0.1) is 7.11 Å². The van der Waals surface area contributed by atoms with Gasteiger partial charge < -0.3 is 4.74 Å². The second kappa shape index (κ2) is 4.94. The van der Waals surface area contributed by atoms with Crippen LogP contribution in [0.2, 0.25) is 0 Å². The second-order valence-corrected chi connectivity index (χ2v) is 1.80. The molecule has 0 radical (unpaired) electrons. The Morgan fingerprint density at radius 3 is 2.50 bits per heavy atom. The molecule has 0 amide bonds. The lowest BCUT2D eigenvalue weighted by atomic mass is 10.7. The van der Waals surface area contributed by atoms with Crippen molar-refractivity contribution in [1.29, 1.82) is 0 Å². The van der Waals surface area contributed by atoms with Crippen molar-refractivity contribution in [2.45, 2.75) is 6.18 Å². The van der Waals surface area contributed by atoms with Crippen molar-refractivity contribution in [2.24, 2.45) is 0 Å². The summed E-state index contributed by atoms with van der Waals surface area (Å²) in [7, 11) is 1.12. The molecular weight excluding hydrogens is 179 g/mol. The molecule has 0 fully saturated rings. The third-order valence-electron chi connectivity index (χ3n) is 0.782. The standard InChI is InChI=1S/C5H8F3NO3/c1-11-4(10)2-9-12-3-5(6,7)8/h9H,2-3H2,1H3. The molecule has 0 aliphatic heterocycles. The minimum atomic E-state index is -4.40. The topological polar surface area (TPSA) is 47.6 Å². The molecule has 0 spiro atoms. The molecule has 0 heterocycles. The van der Waals surface area contributed by atoms with E-state index in [4.69, 9.17) is 0 Å². The maximum Gasteiger partial charge on any atom is 0.413 e. The van der Waals surface area contributed by atoms with E-state index < -0.39 is 25.3 Å². The molecule has 0 aromatic carbocycles. The van der Waals surface area contributed by atoms with E-state index >= 15 is 0 Å². The summed E-state index contributed by atoms with van der Waals surface area (Å²) in [5, 5.41) is 0. The van der Waals surface area contributed by atoms with Crippen molar-refractivity contribution in [3.63, 3.8) is 0 Å². The summed E-state index contributed by atoms with van der Waals surface area (Å²) in [6.45, 7) is -1.85. The monoisotopic (exact) mass is 187 g/mol. The van der Waals surface area contributed by atoms with Crippen LogP contribution in [0.3, 0.4) is 0 Å². The van der Waals surface area contributed by atoms with Crippen LogP contribution in [-0.2, 0) is 14.4 Å². The molecule has 0 bridgehead atoms. The van der Waals surface area contributed by atoms with E-state index in [-0.39, 0.29) is 0 Å². The first-order chi connectivity index (χ1) is 5.45. The van der Waals surface area contributed by atoms with Gasteiger partial charge in [-0.3, -0.25) is 9.63 Å². The summed E-state index contributed by atoms with van der Waals surface area (Å²) in [6, 6.07) is 0. The third-order valence-corrected chi connectivity index (χ3v) is 0.782. The number of ether oxygens (including phenoxy) is 1. The van der Waals surface area contributed by atoms with E-state index in [2.05, 4.69) is 9.57 Å². The molecule has 0 aromatic rings. The van der Waals surface area contributed by atoms with Crippen LogP contribution in [-0.4, -0.2) is 32.4 Å². The van der Waals surface area contributed by atoms with E-state index in [0.717, 1.165) is 7.11 Å². The Balaban J connectivity index is 3.28. The third kappa shape index (κ3) is 7.29. The number of hydroxylamine groups is 1. The molecular formula is C5H8F3NO3. The van der Waals surface area contributed by atoms with Gasteiger partial charge in [-0.05, 0) is 0 Å². The van der Waals surface area contributed by atoms with Crippen LogP contribution < -0.4 is 5.48 Å². The quantitative estimate of drug-likeness (QED) is 0.389. The van der Waals surface area contributed by atoms with Gasteiger partial charge in [-0.25, -0.2) is 0 Å². The smallest absolute Gasteiger partial charge is 0.413 e. The van der Waals surface area contributed by atoms with Crippen LogP contribution in [0.25, 0.3) is 0 Å². The van der Waals surface area contributed by atoms with E-state index in [0.29, 0.717) is 0 Å². The number of rotatable bonds is 4. The van der Waals surface area contributed by atoms with Crippen molar-refractivity contribution in [1.82, 2.24) is 5.48 Å². The Bertz CT molecular complexity index is 147. The number of halogens is 3. The lowest BCUT2D eigenvalue weighted by Gasteiger charge is -2.06. The predicted molar refractivity (Wildman–Crippen MR) is 32.0 cm³/mol. The average molecular weight is 187 g/mol. The molecule has 12 heavy (non-hydrogen) atoms. The summed E-state index contributed by atoms with van der Waals surface area (Å²) in [6.07, 6.45) is -4.40. The average Bonchev–Trinajstić information content (AvgIpc) is 1.96. The van der Waals surface area contributed by atoms with Gasteiger partial charge in [0, 0.05) is 0 Å². The minimum Gasteiger partial charge on any atom is -0.468 e. The minimum absolute atomic E-state index is 0.410. The van der Waals surface area contributed by atoms with Gasteiger partial charge in [-0.15, -0.1) is 0 Å². The maximum atomic E-state index is 11.4. The fraction of sp³-hybridized carbons (Fsp3) is 0.800. The number of alkyl halides is 3. The van der Waals surface area contributed by atoms with Gasteiger partial charge >= 0.3 is 12.1 Å². The fourth-order valence-corrected chi connectivity index (χ4v) is 0.315. The van der Waals surface area contributed by atoms with Gasteiger partial charge in [0.1, 0.15) is 6.54 Å². The van der Waals surface area contributed by atoms with Gasteiger partial charge in [0.25, 0.3) is 0 Å². The van der Waals surface area contributed by atoms with Crippen molar-refractivity contribution < 1.29 is 27.5 Å². The van der Waals surface area contributed by atoms with Gasteiger partial charge in [0.15, 0.2) is 6.61 Å². The first-order valence-corrected chi connectivity index (χ1v) is 2.94. The summed E-state index contributed by atoms with van der Waals surface area (Å²) < 4.78 is 38.3. The molecule has 72 valence electrons. The number of esters is 1. The Morgan fingerprint density at radius 1 is 1.50 bits per heavy atom. The summed E-state index contributed by atoms with van der Waals surface area (Å²) in [4.78, 5) is 14.2. The zero-order chi connectivity index (χ0) is 9.61. The van der Waals surface area contributed by atoms with Crippen LogP contribution >= 0.6 is 0 Å². The number of hydrogen-bond acceptors (Lipinski definition) is 4. The lowest BCUT2D eigenvalue weighted by molar-refractivity contribution is -0.191. The zero-order valence-electron chi connectivity index (χ0n) is 6.27. The second-order valence-electron chi connectivity index (χ2n) is 1.80. The fourth-order valence-electron chi connectivity index (χ4n) is 0.315. The molecule has 0 aromatic heterocycles. The van der Waals surface area contributed by atoms with E-state index in [1.54, 1.807) is 5.48 Å². The van der Waals surface area contributed by atoms with Crippen LogP contribution in [0, 0.1) is 0 Å². The summed E-state index contributed by atoms with van der Waals surface area (Å²) in [5.41, 5.74) is 1.80. The molecule has 0 atom stereocenters. The summed E-state index contributed by atoms with van der Waals surface area (Å²) in [5.74, 6) is -0.697. The Labute approximate surface area is 66.6 Å². The van der Waals surface area contributed by atoms with Gasteiger partial charge in [-0.2, -0.15) is 18.7 Å². The van der Waals surface area contributed by atoms with E-state index in [1.165, 1.54) is 0 Å². The molecule has 0 saturated carbocycles. The number of methoxy groups -OCH3 is 1. The number of hydrogen-bond donors (Lipinski definition) is 1. The molecule has 0 unspecified atom stereocenters. The zero-order valence-corrected chi connectivity index (χ0v) is 6.27. The van der Waals surface area contributed by atoms with Crippen LogP contribution in [0.15, 0.2) is 0 Å². The lowest BCUT2D eigenvalue weighted by Crippen LogP contribution is -2.29. The highest BCUT2D eigenvalue weighted by molar-refractivity contribution is 5.71. The van der Waals surface area contributed by atoms with Gasteiger partial charge in [0.2, 0.25) is 0 Å². The molecule has 1 N–H and O–H groups in total. The molecule has 7 heteroatoms. The normalized spacial score (nSPS) is 11.3. The van der Waals surface area contributed by atoms with Crippen LogP contribution in [0.4, 0.5) is 13.2 Å². The maximum absolute atomic E-state index is 11.4. The number of carbonyl (C=O) groups is 1. The molecule has 0 saturated heterocycles. The van der Waals surface area contributed by atoms with Crippen molar-refractivity contribution in [2.75, 3.05) is 20.3 Å². The van der Waals surface area contributed by atoms with Crippen molar-refractivity contribution in [3.05, 3.63) is 0 Å². The first kappa shape index (κ1) is 11.2. The van der Waals surface area contributed by atoms with E-state index in [9.17, 15) is 18.0 Å². The first-order valence-electron chi connectivity index (χ1n) is 2.94. The van der Waals surface area contributed by atoms with Crippen LogP contribution in [0.5, 0.6) is 0 Å². The van der Waals surface area contributed by atoms with Crippen LogP contribution in [0.1, 0.15) is 0 Å². The van der Waals surface area contributed by atoms with E-state index in [1.807, 2.05) is 0 Å². The molecule has 0 aliphatic carbocycles. The Morgan fingerprint density at radius 2 is 2.08 bits per heavy atom. The molecule has 0 rings (SSSR count). The van der Waals surface area contributed by atoms with Gasteiger partial charge in [-0.1, -0.05) is 0 Å².